The summed E-state index contributed by atoms with van der Waals surface area (Å²) in [6, 6.07) is 7.24. The highest BCUT2D eigenvalue weighted by atomic mass is 16.6. The van der Waals surface area contributed by atoms with Gasteiger partial charge in [-0.3, -0.25) is 10.1 Å². The van der Waals surface area contributed by atoms with Gasteiger partial charge in [0.2, 0.25) is 0 Å². The van der Waals surface area contributed by atoms with E-state index >= 15 is 0 Å². The monoisotopic (exact) mass is 290 g/mol. The summed E-state index contributed by atoms with van der Waals surface area (Å²) in [5.41, 5.74) is 0.140. The number of nitro benzene ring substituents is 1. The first-order chi connectivity index (χ1) is 10.0. The van der Waals surface area contributed by atoms with Gasteiger partial charge in [-0.25, -0.2) is 4.79 Å². The minimum absolute atomic E-state index is 0.00787. The molecule has 7 heteroatoms. The summed E-state index contributed by atoms with van der Waals surface area (Å²) in [6.45, 7) is 2.64. The fourth-order valence-corrected chi connectivity index (χ4v) is 2.02. The maximum Gasteiger partial charge on any atom is 0.335 e. The molecular formula is C14H14N2O5. The number of carbonyl (C=O) groups is 1. The van der Waals surface area contributed by atoms with Crippen LogP contribution in [0.3, 0.4) is 0 Å². The fourth-order valence-electron chi connectivity index (χ4n) is 2.02. The number of hydrogen-bond acceptors (Lipinski definition) is 5. The summed E-state index contributed by atoms with van der Waals surface area (Å²) in [5.74, 6) is -0.480. The van der Waals surface area contributed by atoms with Crippen molar-refractivity contribution in [3.8, 4) is 0 Å². The molecule has 0 unspecified atom stereocenters. The van der Waals surface area contributed by atoms with E-state index in [1.807, 2.05) is 6.92 Å². The summed E-state index contributed by atoms with van der Waals surface area (Å²) >= 11 is 0. The SMILES string of the molecule is CCN(Cc1ccco1)c1cc(C(=O)O)ccc1[N+](=O)[O-]. The highest BCUT2D eigenvalue weighted by molar-refractivity contribution is 5.90. The predicted molar refractivity (Wildman–Crippen MR) is 75.5 cm³/mol. The summed E-state index contributed by atoms with van der Waals surface area (Å²) < 4.78 is 5.24. The third-order valence-electron chi connectivity index (χ3n) is 3.07. The lowest BCUT2D eigenvalue weighted by atomic mass is 10.1. The van der Waals surface area contributed by atoms with E-state index < -0.39 is 10.9 Å². The molecule has 1 N–H and O–H groups in total. The minimum atomic E-state index is -1.12. The molecule has 0 aliphatic rings. The van der Waals surface area contributed by atoms with Crippen molar-refractivity contribution in [1.29, 1.82) is 0 Å². The van der Waals surface area contributed by atoms with Gasteiger partial charge in [0.25, 0.3) is 5.69 Å². The molecule has 0 spiro atoms. The smallest absolute Gasteiger partial charge is 0.335 e. The lowest BCUT2D eigenvalue weighted by Gasteiger charge is -2.22. The summed E-state index contributed by atoms with van der Waals surface area (Å²) in [5, 5.41) is 20.2. The first kappa shape index (κ1) is 14.6. The Morgan fingerprint density at radius 2 is 2.19 bits per heavy atom. The Morgan fingerprint density at radius 1 is 1.43 bits per heavy atom. The lowest BCUT2D eigenvalue weighted by molar-refractivity contribution is -0.384. The number of aromatic carboxylic acids is 1. The van der Waals surface area contributed by atoms with Gasteiger partial charge in [0.05, 0.1) is 23.3 Å². The van der Waals surface area contributed by atoms with E-state index in [0.717, 1.165) is 0 Å². The molecule has 1 heterocycles. The first-order valence-electron chi connectivity index (χ1n) is 6.32. The quantitative estimate of drug-likeness (QED) is 0.649. The number of anilines is 1. The zero-order chi connectivity index (χ0) is 15.4. The van der Waals surface area contributed by atoms with E-state index in [1.165, 1.54) is 24.5 Å². The molecule has 0 bridgehead atoms. The molecule has 0 saturated carbocycles. The van der Waals surface area contributed by atoms with Gasteiger partial charge in [-0.2, -0.15) is 0 Å². The van der Waals surface area contributed by atoms with Gasteiger partial charge in [0.15, 0.2) is 0 Å². The molecule has 110 valence electrons. The molecule has 0 radical (unpaired) electrons. The Bertz CT molecular complexity index is 651. The van der Waals surface area contributed by atoms with Gasteiger partial charge in [-0.1, -0.05) is 0 Å². The predicted octanol–water partition coefficient (Wildman–Crippen LogP) is 2.91. The van der Waals surface area contributed by atoms with Crippen LogP contribution in [0.2, 0.25) is 0 Å². The second kappa shape index (κ2) is 6.08. The number of rotatable bonds is 6. The largest absolute Gasteiger partial charge is 0.478 e. The third kappa shape index (κ3) is 3.19. The molecule has 21 heavy (non-hydrogen) atoms. The molecule has 1 aromatic carbocycles. The fraction of sp³-hybridized carbons (Fsp3) is 0.214. The van der Waals surface area contributed by atoms with Crippen LogP contribution >= 0.6 is 0 Å². The molecule has 2 rings (SSSR count). The van der Waals surface area contributed by atoms with Crippen molar-refractivity contribution in [2.24, 2.45) is 0 Å². The first-order valence-corrected chi connectivity index (χ1v) is 6.32. The molecule has 0 aliphatic heterocycles. The van der Waals surface area contributed by atoms with Crippen LogP contribution in [0, 0.1) is 10.1 Å². The van der Waals surface area contributed by atoms with Crippen LogP contribution in [0.1, 0.15) is 23.0 Å². The lowest BCUT2D eigenvalue weighted by Crippen LogP contribution is -2.23. The van der Waals surface area contributed by atoms with Crippen LogP contribution in [0.15, 0.2) is 41.0 Å². The van der Waals surface area contributed by atoms with E-state index in [-0.39, 0.29) is 16.9 Å². The van der Waals surface area contributed by atoms with E-state index in [0.29, 0.717) is 18.8 Å². The molecule has 1 aromatic heterocycles. The molecule has 7 nitrogen and oxygen atoms in total. The van der Waals surface area contributed by atoms with Crippen molar-refractivity contribution in [2.45, 2.75) is 13.5 Å². The zero-order valence-corrected chi connectivity index (χ0v) is 11.4. The van der Waals surface area contributed by atoms with E-state index in [9.17, 15) is 14.9 Å². The Labute approximate surface area is 120 Å². The Hall–Kier alpha value is -2.83. The second-order valence-corrected chi connectivity index (χ2v) is 4.36. The van der Waals surface area contributed by atoms with Crippen molar-refractivity contribution in [3.63, 3.8) is 0 Å². The maximum absolute atomic E-state index is 11.1. The standard InChI is InChI=1S/C14H14N2O5/c1-2-15(9-11-4-3-7-21-11)13-8-10(14(17)18)5-6-12(13)16(19)20/h3-8H,2,9H2,1H3,(H,17,18). The van der Waals surface area contributed by atoms with E-state index in [2.05, 4.69) is 0 Å². The average Bonchev–Trinajstić information content (AvgIpc) is 2.96. The Morgan fingerprint density at radius 3 is 2.71 bits per heavy atom. The molecular weight excluding hydrogens is 276 g/mol. The van der Waals surface area contributed by atoms with Gasteiger partial charge in [0, 0.05) is 12.6 Å². The molecule has 0 aliphatic carbocycles. The van der Waals surface area contributed by atoms with Gasteiger partial charge in [0.1, 0.15) is 11.4 Å². The highest BCUT2D eigenvalue weighted by Gasteiger charge is 2.21. The molecule has 0 saturated heterocycles. The number of nitro groups is 1. The Kier molecular flexibility index (Phi) is 4.22. The maximum atomic E-state index is 11.1. The van der Waals surface area contributed by atoms with Crippen LogP contribution in [0.25, 0.3) is 0 Å². The van der Waals surface area contributed by atoms with Crippen molar-refractivity contribution in [2.75, 3.05) is 11.4 Å². The number of benzene rings is 1. The third-order valence-corrected chi connectivity index (χ3v) is 3.07. The Balaban J connectivity index is 2.44. The zero-order valence-electron chi connectivity index (χ0n) is 11.4. The van der Waals surface area contributed by atoms with Gasteiger partial charge in [-0.05, 0) is 31.2 Å². The number of carboxylic acid groups (broad SMARTS) is 1. The molecule has 2 aromatic rings. The topological polar surface area (TPSA) is 96.8 Å². The average molecular weight is 290 g/mol. The van der Waals surface area contributed by atoms with Crippen LogP contribution in [-0.4, -0.2) is 22.5 Å². The molecule has 0 amide bonds. The van der Waals surface area contributed by atoms with E-state index in [4.69, 9.17) is 9.52 Å². The highest BCUT2D eigenvalue weighted by Crippen LogP contribution is 2.30. The number of carboxylic acids is 1. The van der Waals surface area contributed by atoms with Crippen LogP contribution < -0.4 is 4.90 Å². The number of furan rings is 1. The van der Waals surface area contributed by atoms with Crippen LogP contribution in [0.4, 0.5) is 11.4 Å². The minimum Gasteiger partial charge on any atom is -0.478 e. The van der Waals surface area contributed by atoms with Crippen LogP contribution in [-0.2, 0) is 6.54 Å². The van der Waals surface area contributed by atoms with E-state index in [1.54, 1.807) is 17.0 Å². The summed E-state index contributed by atoms with van der Waals surface area (Å²) in [7, 11) is 0. The van der Waals surface area contributed by atoms with Gasteiger partial charge >= 0.3 is 5.97 Å². The molecule has 0 fully saturated rings. The van der Waals surface area contributed by atoms with Crippen molar-refractivity contribution < 1.29 is 19.2 Å². The summed E-state index contributed by atoms with van der Waals surface area (Å²) in [6.07, 6.45) is 1.52. The molecule has 0 atom stereocenters. The second-order valence-electron chi connectivity index (χ2n) is 4.36. The van der Waals surface area contributed by atoms with Crippen LogP contribution in [0.5, 0.6) is 0 Å². The summed E-state index contributed by atoms with van der Waals surface area (Å²) in [4.78, 5) is 23.4. The normalized spacial score (nSPS) is 10.3. The van der Waals surface area contributed by atoms with Gasteiger partial charge in [-0.15, -0.1) is 0 Å². The number of hydrogen-bond donors (Lipinski definition) is 1. The van der Waals surface area contributed by atoms with Crippen molar-refractivity contribution >= 4 is 17.3 Å². The van der Waals surface area contributed by atoms with Gasteiger partial charge < -0.3 is 14.4 Å². The number of nitrogens with zero attached hydrogens (tertiary/aromatic N) is 2. The van der Waals surface area contributed by atoms with Crippen molar-refractivity contribution in [3.05, 3.63) is 58.0 Å². The van der Waals surface area contributed by atoms with Crippen molar-refractivity contribution in [1.82, 2.24) is 0 Å².